The fraction of sp³-hybridized carbons (Fsp3) is 0.200. The van der Waals surface area contributed by atoms with Crippen LogP contribution >= 0.6 is 0 Å². The second-order valence-corrected chi connectivity index (χ2v) is 3.27. The van der Waals surface area contributed by atoms with Crippen LogP contribution in [0.15, 0.2) is 54.6 Å². The van der Waals surface area contributed by atoms with E-state index in [0.29, 0.717) is 6.54 Å². The van der Waals surface area contributed by atoms with Crippen molar-refractivity contribution in [2.24, 2.45) is 5.73 Å². The number of ether oxygens (including phenoxy) is 1. The standard InChI is InChI=1S/C13H13NO.C2H6/c14-10-11-5-4-8-13(9-11)15-12-6-2-1-3-7-12;1-2/h1-9H,10,14H2;1-2H3. The Balaban J connectivity index is 0.000000686. The quantitative estimate of drug-likeness (QED) is 0.864. The van der Waals surface area contributed by atoms with E-state index in [1.54, 1.807) is 0 Å². The average molecular weight is 229 g/mol. The number of rotatable bonds is 3. The zero-order valence-electron chi connectivity index (χ0n) is 10.4. The van der Waals surface area contributed by atoms with Crippen molar-refractivity contribution in [2.75, 3.05) is 0 Å². The third kappa shape index (κ3) is 4.29. The van der Waals surface area contributed by atoms with Crippen LogP contribution < -0.4 is 10.5 Å². The number of nitrogens with two attached hydrogens (primary N) is 1. The summed E-state index contributed by atoms with van der Waals surface area (Å²) in [7, 11) is 0. The third-order valence-corrected chi connectivity index (χ3v) is 2.11. The van der Waals surface area contributed by atoms with E-state index >= 15 is 0 Å². The molecule has 0 saturated heterocycles. The highest BCUT2D eigenvalue weighted by Crippen LogP contribution is 2.21. The van der Waals surface area contributed by atoms with Crippen molar-refractivity contribution in [3.63, 3.8) is 0 Å². The smallest absolute Gasteiger partial charge is 0.127 e. The van der Waals surface area contributed by atoms with Crippen molar-refractivity contribution in [2.45, 2.75) is 20.4 Å². The second kappa shape index (κ2) is 7.47. The lowest BCUT2D eigenvalue weighted by Gasteiger charge is -2.06. The largest absolute Gasteiger partial charge is 0.457 e. The lowest BCUT2D eigenvalue weighted by Crippen LogP contribution is -1.95. The number of hydrogen-bond donors (Lipinski definition) is 1. The van der Waals surface area contributed by atoms with Gasteiger partial charge < -0.3 is 10.5 Å². The zero-order chi connectivity index (χ0) is 12.5. The normalized spacial score (nSPS) is 9.12. The van der Waals surface area contributed by atoms with Crippen molar-refractivity contribution in [3.8, 4) is 11.5 Å². The molecule has 0 aromatic heterocycles. The molecule has 2 heteroatoms. The summed E-state index contributed by atoms with van der Waals surface area (Å²) in [5.41, 5.74) is 6.63. The van der Waals surface area contributed by atoms with Gasteiger partial charge in [-0.3, -0.25) is 0 Å². The van der Waals surface area contributed by atoms with E-state index in [1.165, 1.54) is 0 Å². The van der Waals surface area contributed by atoms with E-state index in [1.807, 2.05) is 68.4 Å². The van der Waals surface area contributed by atoms with Gasteiger partial charge in [-0.2, -0.15) is 0 Å². The molecule has 2 N–H and O–H groups in total. The minimum absolute atomic E-state index is 0.534. The van der Waals surface area contributed by atoms with Gasteiger partial charge in [0.15, 0.2) is 0 Å². The maximum Gasteiger partial charge on any atom is 0.127 e. The summed E-state index contributed by atoms with van der Waals surface area (Å²) in [6, 6.07) is 17.5. The summed E-state index contributed by atoms with van der Waals surface area (Å²) in [5.74, 6) is 1.66. The summed E-state index contributed by atoms with van der Waals surface area (Å²) in [6.45, 7) is 4.53. The molecule has 0 bridgehead atoms. The van der Waals surface area contributed by atoms with E-state index < -0.39 is 0 Å². The highest BCUT2D eigenvalue weighted by molar-refractivity contribution is 5.33. The van der Waals surface area contributed by atoms with Gasteiger partial charge in [-0.1, -0.05) is 44.2 Å². The Morgan fingerprint density at radius 1 is 0.882 bits per heavy atom. The second-order valence-electron chi connectivity index (χ2n) is 3.27. The molecule has 17 heavy (non-hydrogen) atoms. The van der Waals surface area contributed by atoms with E-state index in [2.05, 4.69) is 0 Å². The van der Waals surface area contributed by atoms with Crippen molar-refractivity contribution in [1.82, 2.24) is 0 Å². The molecule has 0 aliphatic heterocycles. The molecule has 2 aromatic carbocycles. The van der Waals surface area contributed by atoms with Gasteiger partial charge in [-0.15, -0.1) is 0 Å². The maximum absolute atomic E-state index is 5.67. The topological polar surface area (TPSA) is 35.2 Å². The number of benzene rings is 2. The van der Waals surface area contributed by atoms with Gasteiger partial charge in [-0.25, -0.2) is 0 Å². The Labute approximate surface area is 103 Å². The van der Waals surface area contributed by atoms with E-state index in [-0.39, 0.29) is 0 Å². The van der Waals surface area contributed by atoms with Gasteiger partial charge in [0.25, 0.3) is 0 Å². The lowest BCUT2D eigenvalue weighted by atomic mass is 10.2. The summed E-state index contributed by atoms with van der Waals surface area (Å²) in [5, 5.41) is 0. The number of hydrogen-bond acceptors (Lipinski definition) is 2. The van der Waals surface area contributed by atoms with Crippen molar-refractivity contribution < 1.29 is 4.74 Å². The average Bonchev–Trinajstić information content (AvgIpc) is 2.42. The van der Waals surface area contributed by atoms with Crippen LogP contribution in [0.2, 0.25) is 0 Å². The first-order chi connectivity index (χ1) is 8.38. The summed E-state index contributed by atoms with van der Waals surface area (Å²) in [6.07, 6.45) is 0. The molecule has 0 spiro atoms. The van der Waals surface area contributed by atoms with Crippen LogP contribution in [-0.2, 0) is 6.54 Å². The predicted octanol–water partition coefficient (Wildman–Crippen LogP) is 3.96. The molecule has 2 aromatic rings. The Morgan fingerprint density at radius 3 is 2.18 bits per heavy atom. The minimum Gasteiger partial charge on any atom is -0.457 e. The fourth-order valence-electron chi connectivity index (χ4n) is 1.36. The molecule has 2 nitrogen and oxygen atoms in total. The van der Waals surface area contributed by atoms with Gasteiger partial charge in [-0.05, 0) is 29.8 Å². The molecule has 0 fully saturated rings. The van der Waals surface area contributed by atoms with Crippen molar-refractivity contribution in [3.05, 3.63) is 60.2 Å². The van der Waals surface area contributed by atoms with Crippen LogP contribution in [0.5, 0.6) is 11.5 Å². The first-order valence-corrected chi connectivity index (χ1v) is 5.90. The van der Waals surface area contributed by atoms with Crippen molar-refractivity contribution in [1.29, 1.82) is 0 Å². The Bertz CT molecular complexity index is 426. The highest BCUT2D eigenvalue weighted by Gasteiger charge is 1.96. The summed E-state index contributed by atoms with van der Waals surface area (Å²) < 4.78 is 5.67. The van der Waals surface area contributed by atoms with Crippen LogP contribution in [0.25, 0.3) is 0 Å². The Hall–Kier alpha value is -1.80. The molecule has 90 valence electrons. The SMILES string of the molecule is CC.NCc1cccc(Oc2ccccc2)c1. The maximum atomic E-state index is 5.67. The Morgan fingerprint density at radius 2 is 1.53 bits per heavy atom. The van der Waals surface area contributed by atoms with Gasteiger partial charge in [0.1, 0.15) is 11.5 Å². The zero-order valence-corrected chi connectivity index (χ0v) is 10.4. The molecule has 0 unspecified atom stereocenters. The van der Waals surface area contributed by atoms with E-state index in [0.717, 1.165) is 17.1 Å². The third-order valence-electron chi connectivity index (χ3n) is 2.11. The lowest BCUT2D eigenvalue weighted by molar-refractivity contribution is 0.482. The first kappa shape index (κ1) is 13.3. The molecule has 0 aliphatic carbocycles. The molecular weight excluding hydrogens is 210 g/mol. The number of para-hydroxylation sites is 1. The van der Waals surface area contributed by atoms with Gasteiger partial charge in [0.2, 0.25) is 0 Å². The van der Waals surface area contributed by atoms with Crippen LogP contribution in [0.3, 0.4) is 0 Å². The van der Waals surface area contributed by atoms with Crippen LogP contribution in [-0.4, -0.2) is 0 Å². The predicted molar refractivity (Wildman–Crippen MR) is 72.2 cm³/mol. The molecule has 0 aliphatic rings. The highest BCUT2D eigenvalue weighted by atomic mass is 16.5. The monoisotopic (exact) mass is 229 g/mol. The summed E-state index contributed by atoms with van der Waals surface area (Å²) in [4.78, 5) is 0. The Kier molecular flexibility index (Phi) is 5.83. The van der Waals surface area contributed by atoms with Crippen LogP contribution in [0, 0.1) is 0 Å². The molecule has 0 amide bonds. The van der Waals surface area contributed by atoms with E-state index in [4.69, 9.17) is 10.5 Å². The molecule has 0 heterocycles. The van der Waals surface area contributed by atoms with Crippen molar-refractivity contribution >= 4 is 0 Å². The van der Waals surface area contributed by atoms with E-state index in [9.17, 15) is 0 Å². The molecule has 0 saturated carbocycles. The molecule has 0 atom stereocenters. The van der Waals surface area contributed by atoms with Gasteiger partial charge in [0, 0.05) is 6.54 Å². The molecule has 2 rings (SSSR count). The molecule has 0 radical (unpaired) electrons. The molecular formula is C15H19NO. The van der Waals surface area contributed by atoms with Crippen LogP contribution in [0.1, 0.15) is 19.4 Å². The van der Waals surface area contributed by atoms with Gasteiger partial charge >= 0.3 is 0 Å². The minimum atomic E-state index is 0.534. The summed E-state index contributed by atoms with van der Waals surface area (Å²) >= 11 is 0. The van der Waals surface area contributed by atoms with Gasteiger partial charge in [0.05, 0.1) is 0 Å². The fourth-order valence-corrected chi connectivity index (χ4v) is 1.36. The van der Waals surface area contributed by atoms with Crippen LogP contribution in [0.4, 0.5) is 0 Å². The first-order valence-electron chi connectivity index (χ1n) is 5.90.